The molecule has 0 radical (unpaired) electrons. The van der Waals surface area contributed by atoms with Gasteiger partial charge in [0.15, 0.2) is 5.13 Å². The molecule has 2 rings (SSSR count). The van der Waals surface area contributed by atoms with Gasteiger partial charge in [-0.15, -0.1) is 11.3 Å². The Hall–Kier alpha value is -0.610. The van der Waals surface area contributed by atoms with Crippen LogP contribution in [0.3, 0.4) is 0 Å². The predicted molar refractivity (Wildman–Crippen MR) is 54.1 cm³/mol. The second kappa shape index (κ2) is 4.07. The minimum absolute atomic E-state index is 0.307. The maximum atomic E-state index is 9.06. The minimum atomic E-state index is 0.307. The molecular weight excluding hydrogens is 184 g/mol. The van der Waals surface area contributed by atoms with Gasteiger partial charge in [-0.05, 0) is 18.8 Å². The van der Waals surface area contributed by atoms with Gasteiger partial charge in [0.2, 0.25) is 0 Å². The fourth-order valence-corrected chi connectivity index (χ4v) is 2.44. The van der Waals surface area contributed by atoms with Crippen LogP contribution in [0.4, 0.5) is 5.13 Å². The van der Waals surface area contributed by atoms with Gasteiger partial charge in [-0.25, -0.2) is 4.98 Å². The molecule has 0 bridgehead atoms. The van der Waals surface area contributed by atoms with E-state index in [2.05, 4.69) is 9.88 Å². The van der Waals surface area contributed by atoms with Crippen molar-refractivity contribution in [1.82, 2.24) is 4.98 Å². The summed E-state index contributed by atoms with van der Waals surface area (Å²) in [5, 5.41) is 12.2. The minimum Gasteiger partial charge on any atom is -0.396 e. The van der Waals surface area contributed by atoms with Crippen LogP contribution in [-0.2, 0) is 0 Å². The van der Waals surface area contributed by atoms with E-state index < -0.39 is 0 Å². The SMILES string of the molecule is OC[C@@H]1CCCN(c2nccs2)C1. The Balaban J connectivity index is 2.00. The van der Waals surface area contributed by atoms with E-state index >= 15 is 0 Å². The lowest BCUT2D eigenvalue weighted by Crippen LogP contribution is -2.36. The van der Waals surface area contributed by atoms with Gasteiger partial charge < -0.3 is 10.0 Å². The summed E-state index contributed by atoms with van der Waals surface area (Å²) < 4.78 is 0. The number of thiazole rings is 1. The van der Waals surface area contributed by atoms with Gasteiger partial charge in [-0.1, -0.05) is 0 Å². The number of rotatable bonds is 2. The molecule has 0 unspecified atom stereocenters. The molecule has 0 aliphatic carbocycles. The molecule has 72 valence electrons. The first-order valence-corrected chi connectivity index (χ1v) is 5.53. The van der Waals surface area contributed by atoms with Gasteiger partial charge >= 0.3 is 0 Å². The molecule has 0 saturated carbocycles. The lowest BCUT2D eigenvalue weighted by atomic mass is 10.00. The van der Waals surface area contributed by atoms with Crippen LogP contribution in [0.5, 0.6) is 0 Å². The highest BCUT2D eigenvalue weighted by Crippen LogP contribution is 2.24. The molecule has 3 nitrogen and oxygen atoms in total. The first-order valence-electron chi connectivity index (χ1n) is 4.65. The molecule has 1 aromatic rings. The van der Waals surface area contributed by atoms with Crippen LogP contribution in [-0.4, -0.2) is 29.8 Å². The Kier molecular flexibility index (Phi) is 2.80. The van der Waals surface area contributed by atoms with E-state index in [1.807, 2.05) is 11.6 Å². The molecule has 0 aromatic carbocycles. The normalized spacial score (nSPS) is 23.5. The number of anilines is 1. The molecule has 1 aliphatic heterocycles. The summed E-state index contributed by atoms with van der Waals surface area (Å²) >= 11 is 1.68. The summed E-state index contributed by atoms with van der Waals surface area (Å²) in [5.74, 6) is 0.442. The molecule has 1 N–H and O–H groups in total. The van der Waals surface area contributed by atoms with Gasteiger partial charge in [-0.3, -0.25) is 0 Å². The van der Waals surface area contributed by atoms with Crippen LogP contribution < -0.4 is 4.90 Å². The zero-order valence-electron chi connectivity index (χ0n) is 7.52. The zero-order chi connectivity index (χ0) is 9.10. The van der Waals surface area contributed by atoms with E-state index in [4.69, 9.17) is 5.11 Å². The summed E-state index contributed by atoms with van der Waals surface area (Å²) in [7, 11) is 0. The standard InChI is InChI=1S/C9H14N2OS/c12-7-8-2-1-4-11(6-8)9-10-3-5-13-9/h3,5,8,12H,1-2,4,6-7H2/t8-/m1/s1. The van der Waals surface area contributed by atoms with Crippen molar-refractivity contribution in [2.24, 2.45) is 5.92 Å². The quantitative estimate of drug-likeness (QED) is 0.779. The monoisotopic (exact) mass is 198 g/mol. The lowest BCUT2D eigenvalue weighted by molar-refractivity contribution is 0.208. The molecule has 4 heteroatoms. The van der Waals surface area contributed by atoms with Gasteiger partial charge in [0.25, 0.3) is 0 Å². The smallest absolute Gasteiger partial charge is 0.185 e. The van der Waals surface area contributed by atoms with E-state index in [1.54, 1.807) is 11.3 Å². The van der Waals surface area contributed by atoms with Crippen molar-refractivity contribution < 1.29 is 5.11 Å². The molecule has 1 aromatic heterocycles. The van der Waals surface area contributed by atoms with E-state index in [0.717, 1.165) is 24.6 Å². The predicted octanol–water partition coefficient (Wildman–Crippen LogP) is 1.35. The summed E-state index contributed by atoms with van der Waals surface area (Å²) in [4.78, 5) is 6.54. The number of piperidine rings is 1. The van der Waals surface area contributed by atoms with Gasteiger partial charge in [0, 0.05) is 31.3 Å². The fraction of sp³-hybridized carbons (Fsp3) is 0.667. The molecule has 1 atom stereocenters. The first kappa shape index (κ1) is 8.97. The van der Waals surface area contributed by atoms with Crippen molar-refractivity contribution >= 4 is 16.5 Å². The van der Waals surface area contributed by atoms with Crippen LogP contribution in [0.2, 0.25) is 0 Å². The second-order valence-corrected chi connectivity index (χ2v) is 4.32. The molecule has 0 spiro atoms. The number of hydrogen-bond donors (Lipinski definition) is 1. The summed E-state index contributed by atoms with van der Waals surface area (Å²) in [5.41, 5.74) is 0. The van der Waals surface area contributed by atoms with Gasteiger partial charge in [-0.2, -0.15) is 0 Å². The Morgan fingerprint density at radius 1 is 1.69 bits per heavy atom. The van der Waals surface area contributed by atoms with E-state index in [0.29, 0.717) is 12.5 Å². The summed E-state index contributed by atoms with van der Waals surface area (Å²) in [6.07, 6.45) is 4.16. The highest BCUT2D eigenvalue weighted by molar-refractivity contribution is 7.13. The van der Waals surface area contributed by atoms with Gasteiger partial charge in [0.05, 0.1) is 0 Å². The molecule has 13 heavy (non-hydrogen) atoms. The topological polar surface area (TPSA) is 36.4 Å². The average Bonchev–Trinajstić information content (AvgIpc) is 2.71. The van der Waals surface area contributed by atoms with E-state index in [-0.39, 0.29) is 0 Å². The van der Waals surface area contributed by atoms with Crippen LogP contribution in [0.1, 0.15) is 12.8 Å². The molecule has 1 fully saturated rings. The lowest BCUT2D eigenvalue weighted by Gasteiger charge is -2.31. The molecule has 1 aliphatic rings. The number of aromatic nitrogens is 1. The fourth-order valence-electron chi connectivity index (χ4n) is 1.76. The van der Waals surface area contributed by atoms with Crippen LogP contribution in [0, 0.1) is 5.92 Å². The molecule has 0 amide bonds. The van der Waals surface area contributed by atoms with E-state index in [1.165, 1.54) is 6.42 Å². The highest BCUT2D eigenvalue weighted by Gasteiger charge is 2.20. The largest absolute Gasteiger partial charge is 0.396 e. The highest BCUT2D eigenvalue weighted by atomic mass is 32.1. The molecular formula is C9H14N2OS. The Morgan fingerprint density at radius 2 is 2.62 bits per heavy atom. The third kappa shape index (κ3) is 2.00. The Labute approximate surface area is 82.0 Å². The van der Waals surface area contributed by atoms with Crippen molar-refractivity contribution in [2.75, 3.05) is 24.6 Å². The van der Waals surface area contributed by atoms with Crippen LogP contribution >= 0.6 is 11.3 Å². The third-order valence-electron chi connectivity index (χ3n) is 2.47. The summed E-state index contributed by atoms with van der Waals surface area (Å²) in [6.45, 7) is 2.36. The van der Waals surface area contributed by atoms with Crippen LogP contribution in [0.25, 0.3) is 0 Å². The maximum absolute atomic E-state index is 9.06. The second-order valence-electron chi connectivity index (χ2n) is 3.45. The number of aliphatic hydroxyl groups is 1. The van der Waals surface area contributed by atoms with E-state index in [9.17, 15) is 0 Å². The zero-order valence-corrected chi connectivity index (χ0v) is 8.33. The van der Waals surface area contributed by atoms with Crippen molar-refractivity contribution in [2.45, 2.75) is 12.8 Å². The van der Waals surface area contributed by atoms with Crippen LogP contribution in [0.15, 0.2) is 11.6 Å². The average molecular weight is 198 g/mol. The van der Waals surface area contributed by atoms with Gasteiger partial charge in [0.1, 0.15) is 0 Å². The van der Waals surface area contributed by atoms with Crippen molar-refractivity contribution in [3.63, 3.8) is 0 Å². The van der Waals surface area contributed by atoms with Crippen molar-refractivity contribution in [1.29, 1.82) is 0 Å². The third-order valence-corrected chi connectivity index (χ3v) is 3.30. The molecule has 1 saturated heterocycles. The number of aliphatic hydroxyl groups excluding tert-OH is 1. The number of hydrogen-bond acceptors (Lipinski definition) is 4. The maximum Gasteiger partial charge on any atom is 0.185 e. The Morgan fingerprint density at radius 3 is 3.31 bits per heavy atom. The first-order chi connectivity index (χ1) is 6.40. The molecule has 2 heterocycles. The van der Waals surface area contributed by atoms with Crippen molar-refractivity contribution in [3.8, 4) is 0 Å². The Bertz CT molecular complexity index is 250. The summed E-state index contributed by atoms with van der Waals surface area (Å²) in [6, 6.07) is 0. The van der Waals surface area contributed by atoms with Crippen molar-refractivity contribution in [3.05, 3.63) is 11.6 Å². The number of nitrogens with zero attached hydrogens (tertiary/aromatic N) is 2.